The molecule has 3 fully saturated rings. The first-order valence-electron chi connectivity index (χ1n) is 12.6. The summed E-state index contributed by atoms with van der Waals surface area (Å²) in [6.07, 6.45) is 12.3. The summed E-state index contributed by atoms with van der Waals surface area (Å²) in [7, 11) is 1.73. The maximum atomic E-state index is 13.8. The number of hydrogen-bond donors (Lipinski definition) is 0. The number of likely N-dealkylation sites (tertiary alicyclic amines) is 1. The van der Waals surface area contributed by atoms with Crippen LogP contribution in [0.3, 0.4) is 0 Å². The molecule has 5 heteroatoms. The molecular formula is C27H35N3O2. The third-order valence-corrected chi connectivity index (χ3v) is 8.48. The monoisotopic (exact) mass is 433 g/mol. The van der Waals surface area contributed by atoms with Gasteiger partial charge in [0.15, 0.2) is 0 Å². The molecule has 32 heavy (non-hydrogen) atoms. The number of piperidine rings is 3. The largest absolute Gasteiger partial charge is 0.383 e. The van der Waals surface area contributed by atoms with Crippen molar-refractivity contribution in [2.45, 2.75) is 57.2 Å². The van der Waals surface area contributed by atoms with E-state index in [9.17, 15) is 4.79 Å². The van der Waals surface area contributed by atoms with Gasteiger partial charge in [0, 0.05) is 50.1 Å². The van der Waals surface area contributed by atoms with Gasteiger partial charge < -0.3 is 14.2 Å². The Morgan fingerprint density at radius 1 is 1.16 bits per heavy atom. The Hall–Kier alpha value is -2.11. The molecule has 0 unspecified atom stereocenters. The highest BCUT2D eigenvalue weighted by Crippen LogP contribution is 2.45. The molecule has 0 spiro atoms. The van der Waals surface area contributed by atoms with Crippen molar-refractivity contribution in [1.29, 1.82) is 0 Å². The summed E-state index contributed by atoms with van der Waals surface area (Å²) in [5.41, 5.74) is 3.50. The minimum absolute atomic E-state index is 0.209. The van der Waals surface area contributed by atoms with Crippen LogP contribution in [-0.4, -0.2) is 65.7 Å². The fourth-order valence-electron chi connectivity index (χ4n) is 7.07. The van der Waals surface area contributed by atoms with Crippen LogP contribution in [0.4, 0.5) is 0 Å². The lowest BCUT2D eigenvalue weighted by atomic mass is 9.68. The van der Waals surface area contributed by atoms with Gasteiger partial charge in [-0.15, -0.1) is 0 Å². The molecule has 0 saturated carbocycles. The summed E-state index contributed by atoms with van der Waals surface area (Å²) < 4.78 is 7.46. The van der Waals surface area contributed by atoms with E-state index in [2.05, 4.69) is 44.8 Å². The van der Waals surface area contributed by atoms with Gasteiger partial charge in [0.05, 0.1) is 12.6 Å². The van der Waals surface area contributed by atoms with Crippen LogP contribution in [-0.2, 0) is 11.3 Å². The highest BCUT2D eigenvalue weighted by molar-refractivity contribution is 5.98. The van der Waals surface area contributed by atoms with E-state index in [4.69, 9.17) is 4.74 Å². The van der Waals surface area contributed by atoms with E-state index in [0.717, 1.165) is 36.6 Å². The Bertz CT molecular complexity index is 1040. The molecule has 4 heterocycles. The Morgan fingerprint density at radius 3 is 3.00 bits per heavy atom. The number of carbonyl (C=O) groups excluding carboxylic acids is 1. The Morgan fingerprint density at radius 2 is 2.09 bits per heavy atom. The SMILES string of the molecule is COCCn1ccc2ccc(C(=O)N3CCCC4=C[C@H]5C[C@@H](CN6CCCC[C@H]56)[C@@H]43)cc21. The van der Waals surface area contributed by atoms with Gasteiger partial charge in [-0.2, -0.15) is 0 Å². The molecule has 3 saturated heterocycles. The van der Waals surface area contributed by atoms with Crippen LogP contribution in [0.2, 0.25) is 0 Å². The summed E-state index contributed by atoms with van der Waals surface area (Å²) in [4.78, 5) is 18.8. The van der Waals surface area contributed by atoms with Gasteiger partial charge in [-0.1, -0.05) is 24.1 Å². The number of ether oxygens (including phenoxy) is 1. The minimum atomic E-state index is 0.209. The van der Waals surface area contributed by atoms with Gasteiger partial charge in [0.1, 0.15) is 0 Å². The zero-order chi connectivity index (χ0) is 21.7. The normalized spacial score (nSPS) is 30.0. The van der Waals surface area contributed by atoms with E-state index in [0.29, 0.717) is 24.5 Å². The molecule has 170 valence electrons. The summed E-state index contributed by atoms with van der Waals surface area (Å²) in [6.45, 7) is 4.78. The average Bonchev–Trinajstić information content (AvgIpc) is 3.24. The highest BCUT2D eigenvalue weighted by atomic mass is 16.5. The van der Waals surface area contributed by atoms with Crippen molar-refractivity contribution in [2.75, 3.05) is 33.4 Å². The molecule has 4 atom stereocenters. The minimum Gasteiger partial charge on any atom is -0.383 e. The smallest absolute Gasteiger partial charge is 0.254 e. The number of benzene rings is 1. The van der Waals surface area contributed by atoms with Crippen molar-refractivity contribution in [3.8, 4) is 0 Å². The van der Waals surface area contributed by atoms with Crippen LogP contribution >= 0.6 is 0 Å². The topological polar surface area (TPSA) is 37.7 Å². The first-order valence-corrected chi connectivity index (χ1v) is 12.6. The van der Waals surface area contributed by atoms with Gasteiger partial charge in [-0.25, -0.2) is 0 Å². The predicted molar refractivity (Wildman–Crippen MR) is 127 cm³/mol. The lowest BCUT2D eigenvalue weighted by molar-refractivity contribution is 0.00148. The van der Waals surface area contributed by atoms with Crippen molar-refractivity contribution in [3.05, 3.63) is 47.7 Å². The fraction of sp³-hybridized carbons (Fsp3) is 0.593. The van der Waals surface area contributed by atoms with Crippen molar-refractivity contribution in [3.63, 3.8) is 0 Å². The molecule has 4 aliphatic rings. The third-order valence-electron chi connectivity index (χ3n) is 8.48. The van der Waals surface area contributed by atoms with Crippen LogP contribution in [0.25, 0.3) is 10.9 Å². The molecule has 0 radical (unpaired) electrons. The Balaban J connectivity index is 1.30. The van der Waals surface area contributed by atoms with E-state index in [1.165, 1.54) is 50.6 Å². The predicted octanol–water partition coefficient (Wildman–Crippen LogP) is 4.32. The van der Waals surface area contributed by atoms with Crippen LogP contribution in [0.15, 0.2) is 42.1 Å². The van der Waals surface area contributed by atoms with E-state index in [1.807, 2.05) is 6.07 Å². The Labute approximate surface area is 191 Å². The van der Waals surface area contributed by atoms with Crippen molar-refractivity contribution in [1.82, 2.24) is 14.4 Å². The maximum Gasteiger partial charge on any atom is 0.254 e. The maximum absolute atomic E-state index is 13.8. The zero-order valence-electron chi connectivity index (χ0n) is 19.2. The molecule has 1 aliphatic carbocycles. The van der Waals surface area contributed by atoms with E-state index < -0.39 is 0 Å². The number of rotatable bonds is 4. The summed E-state index contributed by atoms with van der Waals surface area (Å²) in [5, 5.41) is 1.18. The molecule has 1 amide bonds. The second-order valence-corrected chi connectivity index (χ2v) is 10.3. The van der Waals surface area contributed by atoms with E-state index >= 15 is 0 Å². The number of fused-ring (bicyclic) bond motifs is 7. The number of carbonyl (C=O) groups is 1. The summed E-state index contributed by atoms with van der Waals surface area (Å²) in [5.74, 6) is 1.50. The van der Waals surface area contributed by atoms with Gasteiger partial charge in [0.25, 0.3) is 5.91 Å². The molecule has 0 N–H and O–H groups in total. The van der Waals surface area contributed by atoms with Crippen molar-refractivity contribution >= 4 is 16.8 Å². The van der Waals surface area contributed by atoms with Gasteiger partial charge in [0.2, 0.25) is 0 Å². The number of nitrogens with zero attached hydrogens (tertiary/aromatic N) is 3. The number of aromatic nitrogens is 1. The quantitative estimate of drug-likeness (QED) is 0.674. The first kappa shape index (κ1) is 20.5. The highest BCUT2D eigenvalue weighted by Gasteiger charge is 2.47. The molecular weight excluding hydrogens is 398 g/mol. The molecule has 2 aromatic rings. The molecule has 2 bridgehead atoms. The van der Waals surface area contributed by atoms with Crippen LogP contribution in [0, 0.1) is 11.8 Å². The van der Waals surface area contributed by atoms with Crippen LogP contribution in [0.1, 0.15) is 48.9 Å². The first-order chi connectivity index (χ1) is 15.7. The van der Waals surface area contributed by atoms with Crippen LogP contribution < -0.4 is 0 Å². The van der Waals surface area contributed by atoms with Gasteiger partial charge in [-0.3, -0.25) is 9.69 Å². The molecule has 1 aromatic heterocycles. The average molecular weight is 434 g/mol. The van der Waals surface area contributed by atoms with Gasteiger partial charge in [-0.05, 0) is 74.1 Å². The van der Waals surface area contributed by atoms with E-state index in [-0.39, 0.29) is 5.91 Å². The second-order valence-electron chi connectivity index (χ2n) is 10.3. The van der Waals surface area contributed by atoms with Crippen LogP contribution in [0.5, 0.6) is 0 Å². The summed E-state index contributed by atoms with van der Waals surface area (Å²) >= 11 is 0. The zero-order valence-corrected chi connectivity index (χ0v) is 19.2. The van der Waals surface area contributed by atoms with Crippen molar-refractivity contribution in [2.24, 2.45) is 11.8 Å². The Kier molecular flexibility index (Phi) is 5.34. The number of methoxy groups -OCH3 is 1. The molecule has 6 rings (SSSR count). The summed E-state index contributed by atoms with van der Waals surface area (Å²) in [6, 6.07) is 9.39. The molecule has 5 nitrogen and oxygen atoms in total. The standard InChI is InChI=1S/C27H35N3O2/c1-32-14-13-28-12-9-19-7-8-21(17-25(19)28)27(31)30-11-4-5-20-15-22-16-23(26(20)30)18-29-10-3-2-6-24(22)29/h7-9,12,15,17,22-24,26H,2-6,10-11,13-14,16,18H2,1H3/t22-,23-,24+,26+/m0/s1. The second kappa shape index (κ2) is 8.35. The lowest BCUT2D eigenvalue weighted by Crippen LogP contribution is -2.60. The van der Waals surface area contributed by atoms with Crippen molar-refractivity contribution < 1.29 is 9.53 Å². The van der Waals surface area contributed by atoms with Gasteiger partial charge >= 0.3 is 0 Å². The van der Waals surface area contributed by atoms with E-state index in [1.54, 1.807) is 12.7 Å². The lowest BCUT2D eigenvalue weighted by Gasteiger charge is -2.54. The molecule has 1 aromatic carbocycles. The molecule has 3 aliphatic heterocycles. The number of amides is 1. The fourth-order valence-corrected chi connectivity index (χ4v) is 7.07. The third kappa shape index (κ3) is 3.41. The number of hydrogen-bond acceptors (Lipinski definition) is 3.